The van der Waals surface area contributed by atoms with Gasteiger partial charge in [0.1, 0.15) is 0 Å². The van der Waals surface area contributed by atoms with Gasteiger partial charge in [0.05, 0.1) is 23.1 Å². The number of hydrogen-bond acceptors (Lipinski definition) is 2. The van der Waals surface area contributed by atoms with Gasteiger partial charge in [0.15, 0.2) is 0 Å². The first-order valence-corrected chi connectivity index (χ1v) is 11.4. The van der Waals surface area contributed by atoms with Crippen LogP contribution in [0.15, 0.2) is 103 Å². The number of amides is 2. The Hall–Kier alpha value is -3.93. The summed E-state index contributed by atoms with van der Waals surface area (Å²) in [7, 11) is 0. The van der Waals surface area contributed by atoms with E-state index in [1.807, 2.05) is 72.8 Å². The Bertz CT molecular complexity index is 1320. The second-order valence-corrected chi connectivity index (χ2v) is 9.11. The summed E-state index contributed by atoms with van der Waals surface area (Å²) < 4.78 is 39.8. The number of hydrogen-bond donors (Lipinski definition) is 0. The van der Waals surface area contributed by atoms with E-state index >= 15 is 0 Å². The van der Waals surface area contributed by atoms with Crippen LogP contribution in [-0.2, 0) is 15.8 Å². The zero-order valence-corrected chi connectivity index (χ0v) is 18.4. The van der Waals surface area contributed by atoms with Gasteiger partial charge in [0.2, 0.25) is 11.8 Å². The lowest BCUT2D eigenvalue weighted by Gasteiger charge is -2.22. The van der Waals surface area contributed by atoms with E-state index in [0.717, 1.165) is 39.3 Å². The highest BCUT2D eigenvalue weighted by Crippen LogP contribution is 2.59. The summed E-state index contributed by atoms with van der Waals surface area (Å²) in [5, 5.41) is 0. The molecule has 3 nitrogen and oxygen atoms in total. The number of carbonyl (C=O) groups is 2. The van der Waals surface area contributed by atoms with Crippen molar-refractivity contribution in [3.8, 4) is 0 Å². The number of anilines is 1. The van der Waals surface area contributed by atoms with E-state index in [1.165, 1.54) is 12.1 Å². The molecule has 2 bridgehead atoms. The van der Waals surface area contributed by atoms with Crippen molar-refractivity contribution in [3.05, 3.63) is 119 Å². The predicted octanol–water partition coefficient (Wildman–Crippen LogP) is 6.13. The number of nitrogens with zero attached hydrogens (tertiary/aromatic N) is 1. The molecule has 0 spiro atoms. The van der Waals surface area contributed by atoms with E-state index in [1.54, 1.807) is 0 Å². The summed E-state index contributed by atoms with van der Waals surface area (Å²) >= 11 is 0. The van der Waals surface area contributed by atoms with Gasteiger partial charge in [-0.05, 0) is 40.5 Å². The Kier molecular flexibility index (Phi) is 4.81. The zero-order chi connectivity index (χ0) is 24.3. The van der Waals surface area contributed by atoms with Crippen LogP contribution in [0.2, 0.25) is 0 Å². The summed E-state index contributed by atoms with van der Waals surface area (Å²) in [6, 6.07) is 24.2. The molecule has 1 heterocycles. The highest BCUT2D eigenvalue weighted by molar-refractivity contribution is 6.23. The number of halogens is 3. The van der Waals surface area contributed by atoms with Crippen LogP contribution in [0.4, 0.5) is 18.9 Å². The first kappa shape index (κ1) is 21.6. The van der Waals surface area contributed by atoms with Gasteiger partial charge in [-0.1, -0.05) is 78.9 Å². The molecule has 0 aromatic heterocycles. The standard InChI is InChI=1S/C29H20F3NO2/c30-29(31,32)19-12-7-13-20(16-19)33-27(34)25-21-14-15-22(26(25)28(33)35)24(21)23(17-8-3-1-4-9-17)18-10-5-2-6-11-18/h1-16,21-22,25-26H. The van der Waals surface area contributed by atoms with Crippen molar-refractivity contribution in [2.45, 2.75) is 6.18 Å². The molecule has 4 unspecified atom stereocenters. The molecule has 1 saturated heterocycles. The quantitative estimate of drug-likeness (QED) is 0.341. The average Bonchev–Trinajstić information content (AvgIpc) is 3.49. The lowest BCUT2D eigenvalue weighted by molar-refractivity contribution is -0.137. The second-order valence-electron chi connectivity index (χ2n) is 9.11. The fraction of sp³-hybridized carbons (Fsp3) is 0.172. The molecule has 2 fully saturated rings. The Morgan fingerprint density at radius 3 is 1.69 bits per heavy atom. The summed E-state index contributed by atoms with van der Waals surface area (Å²) in [5.74, 6) is -2.68. The van der Waals surface area contributed by atoms with Crippen LogP contribution < -0.4 is 4.90 Å². The molecule has 3 aliphatic rings. The van der Waals surface area contributed by atoms with E-state index in [4.69, 9.17) is 0 Å². The van der Waals surface area contributed by atoms with E-state index in [0.29, 0.717) is 0 Å². The maximum atomic E-state index is 13.6. The number of alkyl halides is 3. The van der Waals surface area contributed by atoms with Crippen molar-refractivity contribution in [2.24, 2.45) is 23.7 Å². The van der Waals surface area contributed by atoms with Gasteiger partial charge in [0.25, 0.3) is 0 Å². The minimum atomic E-state index is -4.56. The summed E-state index contributed by atoms with van der Waals surface area (Å²) in [6.45, 7) is 0. The Morgan fingerprint density at radius 1 is 0.686 bits per heavy atom. The monoisotopic (exact) mass is 471 g/mol. The van der Waals surface area contributed by atoms with Crippen LogP contribution in [0.3, 0.4) is 0 Å². The van der Waals surface area contributed by atoms with Gasteiger partial charge in [-0.25, -0.2) is 4.90 Å². The van der Waals surface area contributed by atoms with Crippen molar-refractivity contribution in [3.63, 3.8) is 0 Å². The number of carbonyl (C=O) groups excluding carboxylic acids is 2. The third-order valence-electron chi connectivity index (χ3n) is 7.26. The second kappa shape index (κ2) is 7.80. The van der Waals surface area contributed by atoms with E-state index in [-0.39, 0.29) is 17.5 Å². The molecular weight excluding hydrogens is 451 g/mol. The van der Waals surface area contributed by atoms with Crippen molar-refractivity contribution < 1.29 is 22.8 Å². The molecule has 1 saturated carbocycles. The van der Waals surface area contributed by atoms with Gasteiger partial charge in [0, 0.05) is 11.8 Å². The number of fused-ring (bicyclic) bond motifs is 5. The Morgan fingerprint density at radius 2 is 1.20 bits per heavy atom. The van der Waals surface area contributed by atoms with Crippen LogP contribution in [-0.4, -0.2) is 11.8 Å². The first-order chi connectivity index (χ1) is 16.9. The maximum Gasteiger partial charge on any atom is 0.416 e. The summed E-state index contributed by atoms with van der Waals surface area (Å²) in [6.07, 6.45) is -0.601. The topological polar surface area (TPSA) is 37.4 Å². The smallest absolute Gasteiger partial charge is 0.274 e. The largest absolute Gasteiger partial charge is 0.416 e. The van der Waals surface area contributed by atoms with Crippen LogP contribution in [0.5, 0.6) is 0 Å². The van der Waals surface area contributed by atoms with Crippen LogP contribution >= 0.6 is 0 Å². The molecule has 2 aliphatic carbocycles. The van der Waals surface area contributed by atoms with Gasteiger partial charge in [-0.15, -0.1) is 0 Å². The normalized spacial score (nSPS) is 24.9. The van der Waals surface area contributed by atoms with Crippen LogP contribution in [0.1, 0.15) is 16.7 Å². The molecule has 1 aliphatic heterocycles. The van der Waals surface area contributed by atoms with Gasteiger partial charge < -0.3 is 0 Å². The molecular formula is C29H20F3NO2. The van der Waals surface area contributed by atoms with Crippen molar-refractivity contribution in [2.75, 3.05) is 4.90 Å². The fourth-order valence-corrected chi connectivity index (χ4v) is 5.88. The van der Waals surface area contributed by atoms with Crippen LogP contribution in [0, 0.1) is 23.7 Å². The van der Waals surface area contributed by atoms with Gasteiger partial charge >= 0.3 is 6.18 Å². The minimum absolute atomic E-state index is 0.0273. The number of benzene rings is 3. The summed E-state index contributed by atoms with van der Waals surface area (Å²) in [5.41, 5.74) is 3.13. The fourth-order valence-electron chi connectivity index (χ4n) is 5.88. The third-order valence-corrected chi connectivity index (χ3v) is 7.26. The molecule has 3 aromatic rings. The van der Waals surface area contributed by atoms with Crippen molar-refractivity contribution in [1.29, 1.82) is 0 Å². The molecule has 3 aromatic carbocycles. The lowest BCUT2D eigenvalue weighted by Crippen LogP contribution is -2.33. The lowest BCUT2D eigenvalue weighted by atomic mass is 9.85. The third kappa shape index (κ3) is 3.27. The molecule has 35 heavy (non-hydrogen) atoms. The highest BCUT2D eigenvalue weighted by atomic mass is 19.4. The molecule has 4 atom stereocenters. The number of rotatable bonds is 3. The maximum absolute atomic E-state index is 13.6. The molecule has 174 valence electrons. The average molecular weight is 471 g/mol. The molecule has 6 heteroatoms. The number of allylic oxidation sites excluding steroid dienone is 3. The van der Waals surface area contributed by atoms with Crippen molar-refractivity contribution in [1.82, 2.24) is 0 Å². The zero-order valence-electron chi connectivity index (χ0n) is 18.4. The number of imide groups is 1. The Balaban J connectivity index is 1.45. The van der Waals surface area contributed by atoms with E-state index < -0.39 is 35.4 Å². The van der Waals surface area contributed by atoms with Crippen LogP contribution in [0.25, 0.3) is 5.57 Å². The first-order valence-electron chi connectivity index (χ1n) is 11.4. The minimum Gasteiger partial charge on any atom is -0.274 e. The predicted molar refractivity (Wildman–Crippen MR) is 126 cm³/mol. The van der Waals surface area contributed by atoms with Crippen molar-refractivity contribution >= 4 is 23.1 Å². The van der Waals surface area contributed by atoms with E-state index in [2.05, 4.69) is 0 Å². The summed E-state index contributed by atoms with van der Waals surface area (Å²) in [4.78, 5) is 28.1. The van der Waals surface area contributed by atoms with E-state index in [9.17, 15) is 22.8 Å². The molecule has 6 rings (SSSR count). The van der Waals surface area contributed by atoms with Gasteiger partial charge in [-0.3, -0.25) is 9.59 Å². The van der Waals surface area contributed by atoms with Gasteiger partial charge in [-0.2, -0.15) is 13.2 Å². The molecule has 0 radical (unpaired) electrons. The Labute approximate surface area is 200 Å². The molecule has 0 N–H and O–H groups in total. The highest BCUT2D eigenvalue weighted by Gasteiger charge is 2.62. The SMILES string of the molecule is O=C1C2C3C=CC(C3=C(c3ccccc3)c3ccccc3)C2C(=O)N1c1cccc(C(F)(F)F)c1. The molecule has 2 amide bonds.